The number of aliphatic hydroxyl groups excluding tert-OH is 5. The van der Waals surface area contributed by atoms with Crippen LogP contribution in [0.4, 0.5) is 0 Å². The molecular weight excluding hydrogens is 705 g/mol. The van der Waals surface area contributed by atoms with Crippen molar-refractivity contribution in [1.82, 2.24) is 0 Å². The highest BCUT2D eigenvalue weighted by atomic mass is 16.8. The number of ether oxygens (including phenoxy) is 3. The highest BCUT2D eigenvalue weighted by Crippen LogP contribution is 2.19. The van der Waals surface area contributed by atoms with E-state index < -0.39 is 30.2 Å². The lowest BCUT2D eigenvalue weighted by Crippen LogP contribution is -2.39. The van der Waals surface area contributed by atoms with Gasteiger partial charge in [-0.1, -0.05) is 161 Å². The van der Waals surface area contributed by atoms with E-state index in [2.05, 4.69) is 38.2 Å². The van der Waals surface area contributed by atoms with Crippen LogP contribution in [0.2, 0.25) is 0 Å². The fraction of sp³-hybridized carbons (Fsp3) is 0.917. The molecule has 56 heavy (non-hydrogen) atoms. The second-order valence-corrected chi connectivity index (χ2v) is 16.3. The summed E-state index contributed by atoms with van der Waals surface area (Å²) in [4.78, 5) is 0. The molecule has 0 saturated heterocycles. The third-order valence-electron chi connectivity index (χ3n) is 10.7. The Morgan fingerprint density at radius 3 is 0.911 bits per heavy atom. The van der Waals surface area contributed by atoms with Crippen LogP contribution in [-0.2, 0) is 14.2 Å². The van der Waals surface area contributed by atoms with Crippen molar-refractivity contribution in [1.29, 1.82) is 0 Å². The molecule has 0 heterocycles. The number of aliphatic hydroxyl groups is 5. The molecule has 0 saturated carbocycles. The molecule has 0 aromatic heterocycles. The van der Waals surface area contributed by atoms with Crippen molar-refractivity contribution < 1.29 is 39.7 Å². The average Bonchev–Trinajstić information content (AvgIpc) is 3.20. The molecular formula is C48H96O8. The van der Waals surface area contributed by atoms with E-state index in [0.717, 1.165) is 25.7 Å². The summed E-state index contributed by atoms with van der Waals surface area (Å²) in [6, 6.07) is 0. The van der Waals surface area contributed by atoms with E-state index in [9.17, 15) is 10.2 Å². The lowest BCUT2D eigenvalue weighted by molar-refractivity contribution is -0.291. The fourth-order valence-corrected chi connectivity index (χ4v) is 6.30. The molecule has 8 heteroatoms. The zero-order valence-electron chi connectivity index (χ0n) is 37.6. The maximum absolute atomic E-state index is 10.2. The number of hydrogen-bond acceptors (Lipinski definition) is 8. The Kier molecular flexibility index (Phi) is 46.3. The first kappa shape index (κ1) is 57.3. The van der Waals surface area contributed by atoms with Crippen molar-refractivity contribution in [3.63, 3.8) is 0 Å². The molecule has 5 N–H and O–H groups in total. The SMILES string of the molecule is CCC(CO)(CO)CO.CCCCCCCC/C=C\CCCCCCCCOC(OC(OCCCCCCCC/C=C\CCCCCCCC)C(C)O)C(C)O. The predicted molar refractivity (Wildman–Crippen MR) is 237 cm³/mol. The van der Waals surface area contributed by atoms with Crippen LogP contribution in [0.15, 0.2) is 24.3 Å². The molecule has 0 bridgehead atoms. The summed E-state index contributed by atoms with van der Waals surface area (Å²) >= 11 is 0. The van der Waals surface area contributed by atoms with E-state index in [4.69, 9.17) is 29.5 Å². The van der Waals surface area contributed by atoms with E-state index in [1.54, 1.807) is 13.8 Å². The average molecular weight is 801 g/mol. The van der Waals surface area contributed by atoms with Crippen molar-refractivity contribution in [2.24, 2.45) is 5.41 Å². The van der Waals surface area contributed by atoms with Crippen LogP contribution in [0.25, 0.3) is 0 Å². The Bertz CT molecular complexity index is 727. The molecule has 0 aliphatic carbocycles. The topological polar surface area (TPSA) is 129 Å². The van der Waals surface area contributed by atoms with E-state index in [-0.39, 0.29) is 19.8 Å². The van der Waals surface area contributed by atoms with E-state index in [1.807, 2.05) is 6.92 Å². The van der Waals surface area contributed by atoms with Gasteiger partial charge in [-0.3, -0.25) is 0 Å². The highest BCUT2D eigenvalue weighted by Gasteiger charge is 2.26. The summed E-state index contributed by atoms with van der Waals surface area (Å²) in [6.45, 7) is 10.3. The van der Waals surface area contributed by atoms with Gasteiger partial charge in [0.1, 0.15) is 12.2 Å². The quantitative estimate of drug-likeness (QED) is 0.0234. The summed E-state index contributed by atoms with van der Waals surface area (Å²) in [6.07, 6.45) is 42.5. The maximum atomic E-state index is 10.2. The maximum Gasteiger partial charge on any atom is 0.186 e. The monoisotopic (exact) mass is 801 g/mol. The second-order valence-electron chi connectivity index (χ2n) is 16.3. The summed E-state index contributed by atoms with van der Waals surface area (Å²) in [5.41, 5.74) is -0.667. The molecule has 0 amide bonds. The van der Waals surface area contributed by atoms with Crippen LogP contribution >= 0.6 is 0 Å². The minimum Gasteiger partial charge on any atom is -0.396 e. The van der Waals surface area contributed by atoms with E-state index in [1.165, 1.54) is 154 Å². The van der Waals surface area contributed by atoms with Crippen LogP contribution in [0, 0.1) is 5.41 Å². The lowest BCUT2D eigenvalue weighted by atomic mass is 9.88. The molecule has 4 atom stereocenters. The third-order valence-corrected chi connectivity index (χ3v) is 10.7. The number of allylic oxidation sites excluding steroid dienone is 4. The van der Waals surface area contributed by atoms with Gasteiger partial charge in [-0.05, 0) is 84.5 Å². The second kappa shape index (κ2) is 45.2. The fourth-order valence-electron chi connectivity index (χ4n) is 6.30. The van der Waals surface area contributed by atoms with Gasteiger partial charge >= 0.3 is 0 Å². The largest absolute Gasteiger partial charge is 0.396 e. The molecule has 0 aromatic rings. The molecule has 336 valence electrons. The minimum atomic E-state index is -0.794. The smallest absolute Gasteiger partial charge is 0.186 e. The Morgan fingerprint density at radius 1 is 0.411 bits per heavy atom. The van der Waals surface area contributed by atoms with Crippen molar-refractivity contribution >= 4 is 0 Å². The van der Waals surface area contributed by atoms with Crippen molar-refractivity contribution in [3.8, 4) is 0 Å². The van der Waals surface area contributed by atoms with Gasteiger partial charge in [0.25, 0.3) is 0 Å². The molecule has 8 nitrogen and oxygen atoms in total. The standard InChI is InChI=1S/C42H82O5.C6H14O3/c1-5-7-9-11-13-15-17-19-21-23-25-27-29-31-33-35-37-45-41(39(3)43)47-42(40(4)44)46-38-36-34-32-30-28-26-24-22-20-18-16-14-12-10-8-6-2;1-2-6(3-7,4-8)5-9/h19-22,39-44H,5-18,23-38H2,1-4H3;7-9H,2-5H2,1H3/b21-19-,22-20-;. The molecule has 0 aliphatic heterocycles. The minimum absolute atomic E-state index is 0.156. The summed E-state index contributed by atoms with van der Waals surface area (Å²) in [7, 11) is 0. The zero-order valence-corrected chi connectivity index (χ0v) is 37.6. The Hall–Kier alpha value is -0.840. The van der Waals surface area contributed by atoms with Crippen molar-refractivity contribution in [2.75, 3.05) is 33.0 Å². The zero-order chi connectivity index (χ0) is 41.8. The van der Waals surface area contributed by atoms with Gasteiger partial charge in [0.2, 0.25) is 0 Å². The lowest BCUT2D eigenvalue weighted by Gasteiger charge is -2.28. The number of rotatable bonds is 42. The van der Waals surface area contributed by atoms with Gasteiger partial charge in [0.15, 0.2) is 12.6 Å². The molecule has 0 rings (SSSR count). The van der Waals surface area contributed by atoms with Crippen LogP contribution in [0.3, 0.4) is 0 Å². The van der Waals surface area contributed by atoms with Gasteiger partial charge in [-0.25, -0.2) is 0 Å². The Labute approximate surface area is 347 Å². The number of hydrogen-bond donors (Lipinski definition) is 5. The predicted octanol–water partition coefficient (Wildman–Crippen LogP) is 11.9. The van der Waals surface area contributed by atoms with Crippen LogP contribution in [0.5, 0.6) is 0 Å². The van der Waals surface area contributed by atoms with E-state index >= 15 is 0 Å². The van der Waals surface area contributed by atoms with Crippen molar-refractivity contribution in [3.05, 3.63) is 24.3 Å². The summed E-state index contributed by atoms with van der Waals surface area (Å²) < 4.78 is 17.6. The first-order valence-electron chi connectivity index (χ1n) is 23.6. The first-order valence-corrected chi connectivity index (χ1v) is 23.6. The van der Waals surface area contributed by atoms with Gasteiger partial charge in [0.05, 0.1) is 19.8 Å². The molecule has 0 radical (unpaired) electrons. The van der Waals surface area contributed by atoms with Crippen molar-refractivity contribution in [2.45, 2.75) is 246 Å². The van der Waals surface area contributed by atoms with Crippen LogP contribution in [0.1, 0.15) is 221 Å². The molecule has 0 fully saturated rings. The Morgan fingerprint density at radius 2 is 0.679 bits per heavy atom. The molecule has 4 unspecified atom stereocenters. The Balaban J connectivity index is 0. The molecule has 0 spiro atoms. The highest BCUT2D eigenvalue weighted by molar-refractivity contribution is 4.82. The van der Waals surface area contributed by atoms with E-state index in [0.29, 0.717) is 19.6 Å². The van der Waals surface area contributed by atoms with Gasteiger partial charge < -0.3 is 39.7 Å². The summed E-state index contributed by atoms with van der Waals surface area (Å²) in [5.74, 6) is 0. The normalized spacial score (nSPS) is 14.3. The number of unbranched alkanes of at least 4 members (excludes halogenated alkanes) is 24. The summed E-state index contributed by atoms with van der Waals surface area (Å²) in [5, 5.41) is 46.4. The van der Waals surface area contributed by atoms with Crippen LogP contribution < -0.4 is 0 Å². The third kappa shape index (κ3) is 38.7. The van der Waals surface area contributed by atoms with Crippen LogP contribution in [-0.4, -0.2) is 83.4 Å². The van der Waals surface area contributed by atoms with Gasteiger partial charge in [0, 0.05) is 18.6 Å². The van der Waals surface area contributed by atoms with Gasteiger partial charge in [-0.15, -0.1) is 0 Å². The molecule has 0 aliphatic rings. The molecule has 0 aromatic carbocycles. The van der Waals surface area contributed by atoms with Gasteiger partial charge in [-0.2, -0.15) is 0 Å². The first-order chi connectivity index (χ1) is 27.3.